The van der Waals surface area contributed by atoms with Crippen molar-refractivity contribution in [1.29, 1.82) is 0 Å². The Morgan fingerprint density at radius 1 is 0.900 bits per heavy atom. The zero-order valence-corrected chi connectivity index (χ0v) is 21.1. The SMILES string of the molecule is CCCCCCCCCCCCn1c[n+](S(=O)(=O)N(C)C)cc1-c1ccc(Br)cc1. The molecule has 2 rings (SSSR count). The van der Waals surface area contributed by atoms with Crippen LogP contribution in [0.1, 0.15) is 71.1 Å². The largest absolute Gasteiger partial charge is 0.379 e. The molecule has 7 heteroatoms. The van der Waals surface area contributed by atoms with E-state index < -0.39 is 10.2 Å². The van der Waals surface area contributed by atoms with Crippen molar-refractivity contribution in [3.8, 4) is 11.3 Å². The van der Waals surface area contributed by atoms with Crippen LogP contribution in [0.4, 0.5) is 0 Å². The molecule has 0 aliphatic heterocycles. The molecule has 0 radical (unpaired) electrons. The van der Waals surface area contributed by atoms with E-state index in [0.29, 0.717) is 0 Å². The number of benzene rings is 1. The summed E-state index contributed by atoms with van der Waals surface area (Å²) in [6.07, 6.45) is 16.3. The monoisotopic (exact) mass is 498 g/mol. The van der Waals surface area contributed by atoms with Crippen LogP contribution in [0.2, 0.25) is 0 Å². The number of rotatable bonds is 14. The van der Waals surface area contributed by atoms with Crippen molar-refractivity contribution in [2.45, 2.75) is 77.7 Å². The predicted octanol–water partition coefficient (Wildman–Crippen LogP) is 5.78. The van der Waals surface area contributed by atoms with E-state index >= 15 is 0 Å². The average Bonchev–Trinajstić information content (AvgIpc) is 3.15. The lowest BCUT2D eigenvalue weighted by Gasteiger charge is -2.05. The number of aryl methyl sites for hydroxylation is 1. The van der Waals surface area contributed by atoms with Gasteiger partial charge in [-0.25, -0.2) is 4.57 Å². The van der Waals surface area contributed by atoms with Gasteiger partial charge in [-0.05, 0) is 37.1 Å². The standard InChI is InChI=1S/C23H37BrN3O2S/c1-4-5-6-7-8-9-10-11-12-13-18-26-20-27(30(28,29)25(2)3)19-23(26)21-14-16-22(24)17-15-21/h14-17,19-20H,4-13,18H2,1-3H3/q+1. The molecule has 0 aliphatic rings. The summed E-state index contributed by atoms with van der Waals surface area (Å²) < 4.78 is 30.8. The van der Waals surface area contributed by atoms with Gasteiger partial charge in [-0.2, -0.15) is 12.7 Å². The Hall–Kier alpha value is -1.18. The van der Waals surface area contributed by atoms with Crippen LogP contribution in [0, 0.1) is 0 Å². The highest BCUT2D eigenvalue weighted by molar-refractivity contribution is 9.10. The number of unbranched alkanes of at least 4 members (excludes halogenated alkanes) is 9. The molecule has 0 spiro atoms. The molecule has 0 aliphatic carbocycles. The van der Waals surface area contributed by atoms with Gasteiger partial charge in [-0.15, -0.1) is 3.97 Å². The maximum absolute atomic E-state index is 12.6. The second kappa shape index (κ2) is 12.6. The summed E-state index contributed by atoms with van der Waals surface area (Å²) in [5.74, 6) is 0. The highest BCUT2D eigenvalue weighted by atomic mass is 79.9. The summed E-state index contributed by atoms with van der Waals surface area (Å²) >= 11 is 3.47. The van der Waals surface area contributed by atoms with Crippen molar-refractivity contribution in [2.24, 2.45) is 0 Å². The van der Waals surface area contributed by atoms with Crippen LogP contribution in [-0.4, -0.2) is 31.4 Å². The third-order valence-electron chi connectivity index (χ3n) is 5.43. The van der Waals surface area contributed by atoms with Gasteiger partial charge in [-0.3, -0.25) is 0 Å². The van der Waals surface area contributed by atoms with Crippen molar-refractivity contribution in [2.75, 3.05) is 14.1 Å². The molecular weight excluding hydrogens is 462 g/mol. The van der Waals surface area contributed by atoms with Crippen LogP contribution in [-0.2, 0) is 16.8 Å². The second-order valence-electron chi connectivity index (χ2n) is 8.13. The van der Waals surface area contributed by atoms with E-state index in [-0.39, 0.29) is 0 Å². The van der Waals surface area contributed by atoms with Crippen molar-refractivity contribution < 1.29 is 12.4 Å². The Morgan fingerprint density at radius 2 is 1.43 bits per heavy atom. The topological polar surface area (TPSA) is 46.2 Å². The second-order valence-corrected chi connectivity index (χ2v) is 11.1. The van der Waals surface area contributed by atoms with E-state index in [1.807, 2.05) is 24.3 Å². The summed E-state index contributed by atoms with van der Waals surface area (Å²) in [4.78, 5) is 0. The number of hydrogen-bond acceptors (Lipinski definition) is 2. The van der Waals surface area contributed by atoms with E-state index in [0.717, 1.165) is 28.7 Å². The number of nitrogens with zero attached hydrogens (tertiary/aromatic N) is 3. The fraction of sp³-hybridized carbons (Fsp3) is 0.609. The Labute approximate surface area is 191 Å². The van der Waals surface area contributed by atoms with Gasteiger partial charge >= 0.3 is 10.2 Å². The molecule has 0 fully saturated rings. The van der Waals surface area contributed by atoms with Crippen LogP contribution in [0.5, 0.6) is 0 Å². The van der Waals surface area contributed by atoms with Crippen molar-refractivity contribution >= 4 is 26.1 Å². The van der Waals surface area contributed by atoms with Gasteiger partial charge in [0.1, 0.15) is 0 Å². The quantitative estimate of drug-likeness (QED) is 0.244. The van der Waals surface area contributed by atoms with Crippen LogP contribution < -0.4 is 3.97 Å². The van der Waals surface area contributed by atoms with E-state index in [9.17, 15) is 8.42 Å². The molecule has 0 saturated heterocycles. The molecule has 0 N–H and O–H groups in total. The Kier molecular flexibility index (Phi) is 10.6. The zero-order valence-electron chi connectivity index (χ0n) is 18.7. The molecule has 0 saturated carbocycles. The molecule has 168 valence electrons. The van der Waals surface area contributed by atoms with Gasteiger partial charge in [-0.1, -0.05) is 74.2 Å². The first-order valence-electron chi connectivity index (χ1n) is 11.2. The molecule has 1 heterocycles. The summed E-state index contributed by atoms with van der Waals surface area (Å²) in [6, 6.07) is 8.00. The molecule has 0 bridgehead atoms. The van der Waals surface area contributed by atoms with Crippen molar-refractivity contribution in [1.82, 2.24) is 8.87 Å². The van der Waals surface area contributed by atoms with Crippen molar-refractivity contribution in [3.05, 3.63) is 41.3 Å². The fourth-order valence-electron chi connectivity index (χ4n) is 3.55. The molecule has 0 unspecified atom stereocenters. The molecule has 0 amide bonds. The smallest absolute Gasteiger partial charge is 0.229 e. The average molecular weight is 500 g/mol. The summed E-state index contributed by atoms with van der Waals surface area (Å²) in [5.41, 5.74) is 1.93. The van der Waals surface area contributed by atoms with E-state index in [1.54, 1.807) is 26.6 Å². The normalized spacial score (nSPS) is 12.0. The van der Waals surface area contributed by atoms with Gasteiger partial charge in [0.15, 0.2) is 11.9 Å². The first-order chi connectivity index (χ1) is 14.4. The highest BCUT2D eigenvalue weighted by Gasteiger charge is 2.26. The summed E-state index contributed by atoms with van der Waals surface area (Å²) in [7, 11) is -0.414. The third-order valence-corrected chi connectivity index (χ3v) is 7.62. The number of imidazole rings is 1. The lowest BCUT2D eigenvalue weighted by Crippen LogP contribution is -2.48. The maximum atomic E-state index is 12.6. The number of hydrogen-bond donors (Lipinski definition) is 0. The number of halogens is 1. The van der Waals surface area contributed by atoms with E-state index in [1.165, 1.54) is 66.1 Å². The molecule has 1 aromatic carbocycles. The summed E-state index contributed by atoms with van der Waals surface area (Å²) in [6.45, 7) is 3.07. The molecular formula is C23H37BrN3O2S+. The van der Waals surface area contributed by atoms with Gasteiger partial charge < -0.3 is 0 Å². The third kappa shape index (κ3) is 7.50. The zero-order chi connectivity index (χ0) is 22.0. The Bertz CT molecular complexity index is 861. The first-order valence-corrected chi connectivity index (χ1v) is 13.4. The van der Waals surface area contributed by atoms with E-state index in [2.05, 4.69) is 27.4 Å². The first kappa shape index (κ1) is 25.1. The highest BCUT2D eigenvalue weighted by Crippen LogP contribution is 2.22. The van der Waals surface area contributed by atoms with Crippen LogP contribution in [0.25, 0.3) is 11.3 Å². The minimum absolute atomic E-state index is 0.817. The lowest BCUT2D eigenvalue weighted by molar-refractivity contribution is -0.514. The molecule has 5 nitrogen and oxygen atoms in total. The minimum Gasteiger partial charge on any atom is -0.229 e. The molecule has 1 aromatic heterocycles. The molecule has 0 atom stereocenters. The number of aromatic nitrogens is 2. The van der Waals surface area contributed by atoms with Crippen LogP contribution in [0.3, 0.4) is 0 Å². The summed E-state index contributed by atoms with van der Waals surface area (Å²) in [5, 5.41) is 0. The molecule has 2 aromatic rings. The lowest BCUT2D eigenvalue weighted by atomic mass is 10.1. The Morgan fingerprint density at radius 3 is 1.97 bits per heavy atom. The van der Waals surface area contributed by atoms with Gasteiger partial charge in [0.2, 0.25) is 0 Å². The predicted molar refractivity (Wildman–Crippen MR) is 128 cm³/mol. The molecule has 30 heavy (non-hydrogen) atoms. The Balaban J connectivity index is 1.95. The van der Waals surface area contributed by atoms with Gasteiger partial charge in [0.25, 0.3) is 6.33 Å². The van der Waals surface area contributed by atoms with Gasteiger partial charge in [0.05, 0.1) is 6.54 Å². The van der Waals surface area contributed by atoms with Gasteiger partial charge in [0, 0.05) is 24.1 Å². The van der Waals surface area contributed by atoms with Crippen LogP contribution >= 0.6 is 15.9 Å². The fourth-order valence-corrected chi connectivity index (χ4v) is 4.66. The van der Waals surface area contributed by atoms with Crippen molar-refractivity contribution in [3.63, 3.8) is 0 Å². The van der Waals surface area contributed by atoms with E-state index in [4.69, 9.17) is 0 Å². The minimum atomic E-state index is -3.53. The van der Waals surface area contributed by atoms with Crippen LogP contribution in [0.15, 0.2) is 41.3 Å². The maximum Gasteiger partial charge on any atom is 0.379 e.